The molecule has 1 unspecified atom stereocenters. The van der Waals surface area contributed by atoms with Crippen molar-refractivity contribution in [3.8, 4) is 0 Å². The average Bonchev–Trinajstić information content (AvgIpc) is 3.09. The second-order valence-corrected chi connectivity index (χ2v) is 10.6. The number of rotatable bonds is 6. The fourth-order valence-corrected chi connectivity index (χ4v) is 6.68. The van der Waals surface area contributed by atoms with Crippen molar-refractivity contribution in [3.05, 3.63) is 0 Å². The topological polar surface area (TPSA) is 86.7 Å². The highest BCUT2D eigenvalue weighted by Crippen LogP contribution is 2.60. The molecule has 0 aromatic carbocycles. The molecule has 0 radical (unpaired) electrons. The van der Waals surface area contributed by atoms with E-state index in [4.69, 9.17) is 0 Å². The van der Waals surface area contributed by atoms with E-state index in [1.54, 1.807) is 13.8 Å². The normalized spacial score (nSPS) is 36.6. The van der Waals surface area contributed by atoms with Crippen LogP contribution in [0.1, 0.15) is 71.6 Å². The third-order valence-corrected chi connectivity index (χ3v) is 7.94. The van der Waals surface area contributed by atoms with Crippen molar-refractivity contribution >= 4 is 17.8 Å². The lowest BCUT2D eigenvalue weighted by Crippen LogP contribution is -2.57. The van der Waals surface area contributed by atoms with E-state index in [1.807, 2.05) is 4.90 Å². The Balaban J connectivity index is 1.39. The maximum atomic E-state index is 13.6. The number of carboxylic acids is 1. The van der Waals surface area contributed by atoms with Crippen LogP contribution in [0.15, 0.2) is 0 Å². The fraction of sp³-hybridized carbons (Fsp3) is 0.864. The predicted molar refractivity (Wildman–Crippen MR) is 104 cm³/mol. The summed E-state index contributed by atoms with van der Waals surface area (Å²) < 4.78 is 0. The molecule has 5 fully saturated rings. The first kappa shape index (κ1) is 19.7. The van der Waals surface area contributed by atoms with Gasteiger partial charge in [0.15, 0.2) is 0 Å². The van der Waals surface area contributed by atoms with Gasteiger partial charge in [-0.15, -0.1) is 0 Å². The van der Waals surface area contributed by atoms with Crippen molar-refractivity contribution in [2.24, 2.45) is 28.6 Å². The van der Waals surface area contributed by atoms with Crippen molar-refractivity contribution in [1.29, 1.82) is 0 Å². The van der Waals surface area contributed by atoms with Gasteiger partial charge in [0, 0.05) is 13.1 Å². The van der Waals surface area contributed by atoms with Crippen LogP contribution >= 0.6 is 0 Å². The summed E-state index contributed by atoms with van der Waals surface area (Å²) in [6.07, 6.45) is 8.94. The maximum Gasteiger partial charge on any atom is 0.309 e. The molecule has 0 aromatic rings. The highest BCUT2D eigenvalue weighted by atomic mass is 16.4. The first-order valence-corrected chi connectivity index (χ1v) is 11.0. The summed E-state index contributed by atoms with van der Waals surface area (Å²) in [5.74, 6) is 1.39. The predicted octanol–water partition coefficient (Wildman–Crippen LogP) is 2.81. The van der Waals surface area contributed by atoms with Crippen LogP contribution in [0, 0.1) is 28.6 Å². The standard InChI is InChI=1S/C22H34N2O4/c1-21(2,20(27)28)5-6-23-18(25)17-4-3-7-24(17)19(26)22-11-14-8-15(12-22)10-16(9-14)13-22/h14-17H,3-13H2,1-2H3,(H,23,25)(H,27,28). The smallest absolute Gasteiger partial charge is 0.309 e. The van der Waals surface area contributed by atoms with Crippen LogP contribution < -0.4 is 5.32 Å². The summed E-state index contributed by atoms with van der Waals surface area (Å²) in [4.78, 5) is 39.5. The van der Waals surface area contributed by atoms with Gasteiger partial charge in [-0.3, -0.25) is 14.4 Å². The van der Waals surface area contributed by atoms with Crippen molar-refractivity contribution in [2.45, 2.75) is 77.7 Å². The van der Waals surface area contributed by atoms with Crippen LogP contribution in [0.4, 0.5) is 0 Å². The van der Waals surface area contributed by atoms with Crippen LogP contribution in [-0.2, 0) is 14.4 Å². The van der Waals surface area contributed by atoms with Gasteiger partial charge in [-0.2, -0.15) is 0 Å². The summed E-state index contributed by atoms with van der Waals surface area (Å²) >= 11 is 0. The number of carbonyl (C=O) groups excluding carboxylic acids is 2. The summed E-state index contributed by atoms with van der Waals surface area (Å²) in [5, 5.41) is 12.1. The molecule has 6 heteroatoms. The molecule has 6 nitrogen and oxygen atoms in total. The summed E-state index contributed by atoms with van der Waals surface area (Å²) in [6, 6.07) is -0.381. The zero-order valence-corrected chi connectivity index (χ0v) is 17.2. The third kappa shape index (κ3) is 3.43. The van der Waals surface area contributed by atoms with Crippen LogP contribution in [0.3, 0.4) is 0 Å². The van der Waals surface area contributed by atoms with Crippen molar-refractivity contribution in [1.82, 2.24) is 10.2 Å². The third-order valence-electron chi connectivity index (χ3n) is 7.94. The molecule has 2 N–H and O–H groups in total. The number of hydrogen-bond acceptors (Lipinski definition) is 3. The minimum Gasteiger partial charge on any atom is -0.481 e. The van der Waals surface area contributed by atoms with E-state index >= 15 is 0 Å². The van der Waals surface area contributed by atoms with Gasteiger partial charge >= 0.3 is 5.97 Å². The summed E-state index contributed by atoms with van der Waals surface area (Å²) in [7, 11) is 0. The Morgan fingerprint density at radius 2 is 1.64 bits per heavy atom. The first-order valence-electron chi connectivity index (χ1n) is 11.0. The second kappa shape index (κ2) is 7.03. The van der Waals surface area contributed by atoms with Gasteiger partial charge in [-0.05, 0) is 89.4 Å². The molecule has 4 bridgehead atoms. The van der Waals surface area contributed by atoms with E-state index in [9.17, 15) is 19.5 Å². The van der Waals surface area contributed by atoms with Crippen LogP contribution in [0.5, 0.6) is 0 Å². The number of amides is 2. The van der Waals surface area contributed by atoms with E-state index in [0.717, 1.165) is 25.7 Å². The molecule has 28 heavy (non-hydrogen) atoms. The number of nitrogens with one attached hydrogen (secondary N) is 1. The molecular weight excluding hydrogens is 356 g/mol. The molecular formula is C22H34N2O4. The monoisotopic (exact) mass is 390 g/mol. The lowest BCUT2D eigenvalue weighted by Gasteiger charge is -2.56. The van der Waals surface area contributed by atoms with Gasteiger partial charge < -0.3 is 15.3 Å². The molecule has 5 rings (SSSR count). The van der Waals surface area contributed by atoms with Crippen molar-refractivity contribution in [3.63, 3.8) is 0 Å². The van der Waals surface area contributed by atoms with Crippen molar-refractivity contribution < 1.29 is 19.5 Å². The number of nitrogens with zero attached hydrogens (tertiary/aromatic N) is 1. The van der Waals surface area contributed by atoms with Gasteiger partial charge in [0.05, 0.1) is 10.8 Å². The molecule has 1 aliphatic heterocycles. The molecule has 4 saturated carbocycles. The molecule has 0 aromatic heterocycles. The van der Waals surface area contributed by atoms with Gasteiger partial charge in [0.1, 0.15) is 6.04 Å². The molecule has 1 saturated heterocycles. The molecule has 0 spiro atoms. The quantitative estimate of drug-likeness (QED) is 0.730. The Labute approximate surface area is 167 Å². The molecule has 1 atom stereocenters. The Kier molecular flexibility index (Phi) is 4.95. The van der Waals surface area contributed by atoms with E-state index in [2.05, 4.69) is 5.32 Å². The van der Waals surface area contributed by atoms with E-state index in [0.29, 0.717) is 43.7 Å². The van der Waals surface area contributed by atoms with Gasteiger partial charge in [0.2, 0.25) is 11.8 Å². The number of hydrogen-bond donors (Lipinski definition) is 2. The van der Waals surface area contributed by atoms with Crippen LogP contribution in [0.25, 0.3) is 0 Å². The minimum absolute atomic E-state index is 0.114. The maximum absolute atomic E-state index is 13.6. The van der Waals surface area contributed by atoms with Crippen LogP contribution in [0.2, 0.25) is 0 Å². The largest absolute Gasteiger partial charge is 0.481 e. The lowest BCUT2D eigenvalue weighted by atomic mass is 9.49. The number of carbonyl (C=O) groups is 3. The Morgan fingerprint density at radius 3 is 2.18 bits per heavy atom. The summed E-state index contributed by atoms with van der Waals surface area (Å²) in [5.41, 5.74) is -1.07. The molecule has 2 amide bonds. The SMILES string of the molecule is CC(C)(CCNC(=O)C1CCCN1C(=O)C12CC3CC(CC(C3)C1)C2)C(=O)O. The average molecular weight is 391 g/mol. The van der Waals surface area contributed by atoms with E-state index in [-0.39, 0.29) is 23.3 Å². The minimum atomic E-state index is -0.863. The van der Waals surface area contributed by atoms with Crippen LogP contribution in [-0.4, -0.2) is 46.9 Å². The Hall–Kier alpha value is -1.59. The lowest BCUT2D eigenvalue weighted by molar-refractivity contribution is -0.160. The first-order chi connectivity index (χ1) is 13.2. The molecule has 156 valence electrons. The van der Waals surface area contributed by atoms with Gasteiger partial charge in [0.25, 0.3) is 0 Å². The molecule has 4 aliphatic carbocycles. The molecule has 5 aliphatic rings. The molecule has 1 heterocycles. The Bertz CT molecular complexity index is 636. The van der Waals surface area contributed by atoms with E-state index < -0.39 is 11.4 Å². The summed E-state index contributed by atoms with van der Waals surface area (Å²) in [6.45, 7) is 4.34. The zero-order chi connectivity index (χ0) is 20.1. The fourth-order valence-electron chi connectivity index (χ4n) is 6.68. The van der Waals surface area contributed by atoms with Crippen molar-refractivity contribution in [2.75, 3.05) is 13.1 Å². The van der Waals surface area contributed by atoms with Gasteiger partial charge in [-0.25, -0.2) is 0 Å². The zero-order valence-electron chi connectivity index (χ0n) is 17.2. The Morgan fingerprint density at radius 1 is 1.07 bits per heavy atom. The van der Waals surface area contributed by atoms with E-state index in [1.165, 1.54) is 19.3 Å². The number of likely N-dealkylation sites (tertiary alicyclic amines) is 1. The number of carboxylic acid groups (broad SMARTS) is 1. The highest BCUT2D eigenvalue weighted by Gasteiger charge is 2.56. The second-order valence-electron chi connectivity index (χ2n) is 10.6. The van der Waals surface area contributed by atoms with Gasteiger partial charge in [-0.1, -0.05) is 0 Å². The number of aliphatic carboxylic acids is 1. The highest BCUT2D eigenvalue weighted by molar-refractivity contribution is 5.91.